The summed E-state index contributed by atoms with van der Waals surface area (Å²) in [6, 6.07) is -1.12. The number of fused-ring (bicyclic) bond motifs is 3. The molecule has 0 aromatic heterocycles. The monoisotopic (exact) mass is 594 g/mol. The topological polar surface area (TPSA) is 177 Å². The number of piperazine rings is 1. The third kappa shape index (κ3) is 4.22. The van der Waals surface area contributed by atoms with Crippen molar-refractivity contribution in [3.63, 3.8) is 0 Å². The van der Waals surface area contributed by atoms with Crippen LogP contribution in [0.5, 0.6) is 5.75 Å². The van der Waals surface area contributed by atoms with Crippen molar-refractivity contribution in [1.29, 1.82) is 0 Å². The van der Waals surface area contributed by atoms with E-state index < -0.39 is 105 Å². The van der Waals surface area contributed by atoms with Gasteiger partial charge in [0, 0.05) is 37.2 Å². The molecule has 11 nitrogen and oxygen atoms in total. The van der Waals surface area contributed by atoms with Crippen LogP contribution in [0.3, 0.4) is 0 Å². The number of alkyl halides is 3. The van der Waals surface area contributed by atoms with Gasteiger partial charge < -0.3 is 36.4 Å². The van der Waals surface area contributed by atoms with Crippen LogP contribution in [-0.2, 0) is 22.2 Å². The number of phenolic OH excluding ortho intramolecular Hbond substituents is 1. The van der Waals surface area contributed by atoms with Crippen LogP contribution in [-0.4, -0.2) is 99.6 Å². The first kappa shape index (κ1) is 30.0. The number of aliphatic hydroxyl groups excluding tert-OH is 2. The minimum Gasteiger partial charge on any atom is -0.510 e. The smallest absolute Gasteiger partial charge is 0.417 e. The lowest BCUT2D eigenvalue weighted by atomic mass is 9.58. The Kier molecular flexibility index (Phi) is 7.20. The molecule has 1 aromatic rings. The Morgan fingerprint density at radius 3 is 2.48 bits per heavy atom. The summed E-state index contributed by atoms with van der Waals surface area (Å²) in [5, 5.41) is 47.9. The molecule has 1 unspecified atom stereocenters. The number of ketones is 2. The van der Waals surface area contributed by atoms with E-state index in [0.717, 1.165) is 6.07 Å². The van der Waals surface area contributed by atoms with Gasteiger partial charge in [0.25, 0.3) is 5.91 Å². The van der Waals surface area contributed by atoms with Crippen LogP contribution >= 0.6 is 0 Å². The molecule has 228 valence electrons. The van der Waals surface area contributed by atoms with E-state index in [1.807, 2.05) is 11.8 Å². The first-order valence-corrected chi connectivity index (χ1v) is 13.6. The summed E-state index contributed by atoms with van der Waals surface area (Å²) in [6.07, 6.45) is -5.67. The number of nitrogens with zero attached hydrogens (tertiary/aromatic N) is 2. The lowest BCUT2D eigenvalue weighted by molar-refractivity contribution is -0.148. The maximum atomic E-state index is 14.8. The van der Waals surface area contributed by atoms with Crippen molar-refractivity contribution in [3.8, 4) is 5.75 Å². The minimum atomic E-state index is -4.91. The van der Waals surface area contributed by atoms with Crippen LogP contribution < -0.4 is 11.1 Å². The van der Waals surface area contributed by atoms with E-state index in [9.17, 15) is 48.0 Å². The lowest BCUT2D eigenvalue weighted by Gasteiger charge is -2.50. The number of benzene rings is 1. The molecule has 1 saturated heterocycles. The first-order chi connectivity index (χ1) is 19.5. The number of nitrogens with two attached hydrogens (primary N) is 1. The van der Waals surface area contributed by atoms with Gasteiger partial charge in [0.1, 0.15) is 22.8 Å². The first-order valence-electron chi connectivity index (χ1n) is 13.6. The number of carbonyl (C=O) groups excluding carboxylic acids is 3. The summed E-state index contributed by atoms with van der Waals surface area (Å²) in [7, 11) is 2.94. The molecule has 0 radical (unpaired) electrons. The van der Waals surface area contributed by atoms with Crippen molar-refractivity contribution >= 4 is 17.5 Å². The van der Waals surface area contributed by atoms with E-state index in [-0.39, 0.29) is 18.5 Å². The lowest BCUT2D eigenvalue weighted by Crippen LogP contribution is -2.63. The number of rotatable bonds is 4. The molecular formula is C28H33F3N4O7. The van der Waals surface area contributed by atoms with Gasteiger partial charge >= 0.3 is 6.18 Å². The van der Waals surface area contributed by atoms with Gasteiger partial charge in [0.2, 0.25) is 5.78 Å². The molecule has 1 heterocycles. The summed E-state index contributed by atoms with van der Waals surface area (Å²) in [5.74, 6) is -9.02. The number of hydrogen-bond acceptors (Lipinski definition) is 10. The molecule has 1 aromatic carbocycles. The van der Waals surface area contributed by atoms with Gasteiger partial charge in [0.05, 0.1) is 17.2 Å². The molecule has 14 heteroatoms. The highest BCUT2D eigenvalue weighted by molar-refractivity contribution is 6.24. The van der Waals surface area contributed by atoms with E-state index >= 15 is 0 Å². The van der Waals surface area contributed by atoms with E-state index in [4.69, 9.17) is 5.73 Å². The van der Waals surface area contributed by atoms with Crippen LogP contribution in [0, 0.1) is 11.8 Å². The third-order valence-corrected chi connectivity index (χ3v) is 9.12. The second-order valence-electron chi connectivity index (χ2n) is 11.6. The number of amides is 1. The fourth-order valence-electron chi connectivity index (χ4n) is 7.27. The predicted octanol–water partition coefficient (Wildman–Crippen LogP) is 1.11. The molecule has 1 amide bonds. The molecule has 3 aliphatic carbocycles. The van der Waals surface area contributed by atoms with Crippen molar-refractivity contribution in [2.24, 2.45) is 17.6 Å². The zero-order valence-corrected chi connectivity index (χ0v) is 23.2. The van der Waals surface area contributed by atoms with Crippen LogP contribution in [0.15, 0.2) is 28.7 Å². The standard InChI is InChI=1S/C28H33F3N4O7/c1-4-35-6-5-33-15(10-35)12-9-16(36)18-13(20(12)28(29,30)31)7-11-8-14-21(34(2)3)23(38)19(26(32)41)25(40)27(14,42)24(39)17(11)22(18)37/h9,11,14-15,21,33,36,38-39,42H,4-8,10H2,1-3H3,(H2,32,41)/t11-,14-,15?,21-,27-/m0/s1. The van der Waals surface area contributed by atoms with Crippen LogP contribution in [0.2, 0.25) is 0 Å². The number of phenols is 1. The molecule has 42 heavy (non-hydrogen) atoms. The third-order valence-electron chi connectivity index (χ3n) is 9.12. The molecule has 4 aliphatic rings. The number of nitrogens with one attached hydrogen (secondary N) is 1. The van der Waals surface area contributed by atoms with Crippen molar-refractivity contribution in [1.82, 2.24) is 15.1 Å². The number of carbonyl (C=O) groups is 3. The Morgan fingerprint density at radius 1 is 1.24 bits per heavy atom. The van der Waals surface area contributed by atoms with Crippen molar-refractivity contribution in [3.05, 3.63) is 51.0 Å². The Bertz CT molecular complexity index is 1450. The zero-order valence-electron chi connectivity index (χ0n) is 23.2. The zero-order chi connectivity index (χ0) is 31.0. The maximum absolute atomic E-state index is 14.8. The van der Waals surface area contributed by atoms with E-state index in [0.29, 0.717) is 19.6 Å². The van der Waals surface area contributed by atoms with Crippen LogP contribution in [0.25, 0.3) is 0 Å². The minimum absolute atomic E-state index is 0.209. The second-order valence-corrected chi connectivity index (χ2v) is 11.6. The summed E-state index contributed by atoms with van der Waals surface area (Å²) in [6.45, 7) is 3.79. The van der Waals surface area contributed by atoms with E-state index in [2.05, 4.69) is 5.32 Å². The Labute approximate surface area is 239 Å². The van der Waals surface area contributed by atoms with E-state index in [1.54, 1.807) is 0 Å². The van der Waals surface area contributed by atoms with E-state index in [1.165, 1.54) is 19.0 Å². The van der Waals surface area contributed by atoms with Gasteiger partial charge in [-0.05, 0) is 56.6 Å². The molecule has 0 bridgehead atoms. The number of aliphatic hydroxyl groups is 3. The molecule has 5 atom stereocenters. The highest BCUT2D eigenvalue weighted by Gasteiger charge is 2.63. The normalized spacial score (nSPS) is 30.4. The van der Waals surface area contributed by atoms with Gasteiger partial charge in [-0.2, -0.15) is 13.2 Å². The largest absolute Gasteiger partial charge is 0.510 e. The summed E-state index contributed by atoms with van der Waals surface area (Å²) < 4.78 is 44.3. The molecule has 0 saturated carbocycles. The summed E-state index contributed by atoms with van der Waals surface area (Å²) in [4.78, 5) is 42.6. The predicted molar refractivity (Wildman–Crippen MR) is 142 cm³/mol. The molecule has 1 aliphatic heterocycles. The fraction of sp³-hybridized carbons (Fsp3) is 0.536. The number of hydrogen-bond donors (Lipinski definition) is 6. The number of allylic oxidation sites excluding steroid dienone is 1. The molecule has 5 rings (SSSR count). The number of Topliss-reactive ketones (excluding diaryl/α,β-unsaturated/α-hetero) is 2. The molecular weight excluding hydrogens is 561 g/mol. The molecule has 1 fully saturated rings. The van der Waals surface area contributed by atoms with Crippen molar-refractivity contribution < 1.29 is 48.0 Å². The highest BCUT2D eigenvalue weighted by atomic mass is 19.4. The molecule has 0 spiro atoms. The number of aromatic hydroxyl groups is 1. The average molecular weight is 595 g/mol. The van der Waals surface area contributed by atoms with Crippen molar-refractivity contribution in [2.45, 2.75) is 43.6 Å². The summed E-state index contributed by atoms with van der Waals surface area (Å²) >= 11 is 0. The quantitative estimate of drug-likeness (QED) is 0.277. The Balaban J connectivity index is 1.72. The highest BCUT2D eigenvalue weighted by Crippen LogP contribution is 2.54. The average Bonchev–Trinajstić information content (AvgIpc) is 2.89. The van der Waals surface area contributed by atoms with Crippen molar-refractivity contribution in [2.75, 3.05) is 40.3 Å². The van der Waals surface area contributed by atoms with Gasteiger partial charge in [-0.3, -0.25) is 19.3 Å². The van der Waals surface area contributed by atoms with Gasteiger partial charge in [-0.15, -0.1) is 0 Å². The maximum Gasteiger partial charge on any atom is 0.417 e. The van der Waals surface area contributed by atoms with Gasteiger partial charge in [-0.1, -0.05) is 6.92 Å². The number of primary amides is 1. The van der Waals surface area contributed by atoms with Gasteiger partial charge in [-0.25, -0.2) is 0 Å². The SMILES string of the molecule is CCN1CCNC(c2cc(O)c3c(c2C(F)(F)F)C[C@H]2C[C@H]4[C@H](N(C)C)C(O)=C(C(N)=O)C(=O)[C@@]4(O)C(O)=C2C3=O)C1. The Morgan fingerprint density at radius 2 is 1.90 bits per heavy atom. The summed E-state index contributed by atoms with van der Waals surface area (Å²) in [5.41, 5.74) is -1.41. The van der Waals surface area contributed by atoms with Crippen LogP contribution in [0.1, 0.15) is 46.4 Å². The molecule has 7 N–H and O–H groups in total. The van der Waals surface area contributed by atoms with Gasteiger partial charge in [0.15, 0.2) is 11.4 Å². The Hall–Kier alpha value is -3.46. The number of halogens is 3. The second kappa shape index (κ2) is 10.1. The number of likely N-dealkylation sites (N-methyl/N-ethyl adjacent to an activating group) is 2. The van der Waals surface area contributed by atoms with Crippen LogP contribution in [0.4, 0.5) is 13.2 Å². The fourth-order valence-corrected chi connectivity index (χ4v) is 7.27.